The van der Waals surface area contributed by atoms with Gasteiger partial charge in [0.05, 0.1) is 24.2 Å². The molecule has 0 unspecified atom stereocenters. The first-order valence-corrected chi connectivity index (χ1v) is 8.85. The van der Waals surface area contributed by atoms with E-state index in [2.05, 4.69) is 15.5 Å². The molecule has 1 amide bonds. The smallest absolute Gasteiger partial charge is 0.307 e. The minimum atomic E-state index is -0.614. The average Bonchev–Trinajstić information content (AvgIpc) is 3.35. The molecule has 2 aromatic rings. The number of hydrogen-bond donors (Lipinski definition) is 2. The number of hydrogen-bond acceptors (Lipinski definition) is 4. The molecule has 1 atom stereocenters. The van der Waals surface area contributed by atoms with Gasteiger partial charge in [0.1, 0.15) is 11.4 Å². The second-order valence-corrected chi connectivity index (χ2v) is 7.00. The molecule has 1 aromatic heterocycles. The molecule has 4 rings (SSSR count). The summed E-state index contributed by atoms with van der Waals surface area (Å²) < 4.78 is 18.6. The van der Waals surface area contributed by atoms with E-state index >= 15 is 0 Å². The lowest BCUT2D eigenvalue weighted by Crippen LogP contribution is -2.42. The molecule has 1 aromatic carbocycles. The Morgan fingerprint density at radius 1 is 1.31 bits per heavy atom. The van der Waals surface area contributed by atoms with E-state index in [-0.39, 0.29) is 30.7 Å². The number of rotatable bonds is 4. The number of benzene rings is 1. The third-order valence-corrected chi connectivity index (χ3v) is 5.39. The number of aromatic amines is 1. The zero-order valence-electron chi connectivity index (χ0n) is 14.3. The van der Waals surface area contributed by atoms with Crippen molar-refractivity contribution in [2.75, 3.05) is 0 Å². The maximum Gasteiger partial charge on any atom is 0.307 e. The molecular weight excluding hydrogens is 337 g/mol. The second-order valence-electron chi connectivity index (χ2n) is 7.00. The largest absolute Gasteiger partial charge is 0.458 e. The van der Waals surface area contributed by atoms with Crippen LogP contribution in [0.4, 0.5) is 4.39 Å². The summed E-state index contributed by atoms with van der Waals surface area (Å²) in [5.41, 5.74) is 1.72. The number of nitrogens with zero attached hydrogens (tertiary/aromatic N) is 1. The van der Waals surface area contributed by atoms with Crippen LogP contribution in [0.1, 0.15) is 37.7 Å². The third-order valence-electron chi connectivity index (χ3n) is 5.39. The summed E-state index contributed by atoms with van der Waals surface area (Å²) in [5.74, 6) is -1.19. The van der Waals surface area contributed by atoms with Crippen LogP contribution in [0.5, 0.6) is 0 Å². The van der Waals surface area contributed by atoms with Crippen LogP contribution in [0.25, 0.3) is 11.3 Å². The lowest BCUT2D eigenvalue weighted by molar-refractivity contribution is -0.149. The topological polar surface area (TPSA) is 84.1 Å². The van der Waals surface area contributed by atoms with Gasteiger partial charge in [-0.25, -0.2) is 4.39 Å². The van der Waals surface area contributed by atoms with Gasteiger partial charge in [-0.05, 0) is 49.9 Å². The van der Waals surface area contributed by atoms with Gasteiger partial charge in [-0.2, -0.15) is 5.10 Å². The molecule has 136 valence electrons. The van der Waals surface area contributed by atoms with Crippen LogP contribution in [-0.4, -0.2) is 27.7 Å². The number of aromatic nitrogens is 2. The highest BCUT2D eigenvalue weighted by molar-refractivity contribution is 5.88. The highest BCUT2D eigenvalue weighted by Crippen LogP contribution is 2.45. The fourth-order valence-electron chi connectivity index (χ4n) is 4.06. The first-order chi connectivity index (χ1) is 12.6. The highest BCUT2D eigenvalue weighted by Gasteiger charge is 2.53. The molecule has 2 aliphatic rings. The van der Waals surface area contributed by atoms with E-state index < -0.39 is 11.5 Å². The van der Waals surface area contributed by atoms with Crippen molar-refractivity contribution in [1.29, 1.82) is 0 Å². The summed E-state index contributed by atoms with van der Waals surface area (Å²) >= 11 is 0. The van der Waals surface area contributed by atoms with Gasteiger partial charge in [0, 0.05) is 17.7 Å². The zero-order chi connectivity index (χ0) is 18.1. The van der Waals surface area contributed by atoms with Crippen molar-refractivity contribution in [3.05, 3.63) is 41.8 Å². The van der Waals surface area contributed by atoms with Gasteiger partial charge in [0.2, 0.25) is 5.91 Å². The summed E-state index contributed by atoms with van der Waals surface area (Å²) in [4.78, 5) is 24.5. The lowest BCUT2D eigenvalue weighted by Gasteiger charge is -2.27. The van der Waals surface area contributed by atoms with Crippen molar-refractivity contribution in [2.24, 2.45) is 5.92 Å². The van der Waals surface area contributed by atoms with Crippen LogP contribution in [0.2, 0.25) is 0 Å². The van der Waals surface area contributed by atoms with Gasteiger partial charge in [-0.15, -0.1) is 0 Å². The number of halogens is 1. The predicted molar refractivity (Wildman–Crippen MR) is 91.2 cm³/mol. The Morgan fingerprint density at radius 3 is 2.77 bits per heavy atom. The normalized spacial score (nSPS) is 21.1. The quantitative estimate of drug-likeness (QED) is 0.824. The average molecular weight is 357 g/mol. The standard InChI is InChI=1S/C19H20FN3O3/c20-14-5-3-12(4-6-14)17-13(11-22-23-17)10-21-18(25)15-9-16(24)26-19(15)7-1-2-8-19/h3-6,11,15H,1-2,7-10H2,(H,21,25)(H,22,23)/t15-/m0/s1. The molecule has 6 nitrogen and oxygen atoms in total. The number of nitrogens with one attached hydrogen (secondary N) is 2. The van der Waals surface area contributed by atoms with E-state index in [9.17, 15) is 14.0 Å². The van der Waals surface area contributed by atoms with Crippen molar-refractivity contribution in [1.82, 2.24) is 15.5 Å². The van der Waals surface area contributed by atoms with Crippen molar-refractivity contribution in [3.63, 3.8) is 0 Å². The van der Waals surface area contributed by atoms with E-state index in [1.807, 2.05) is 0 Å². The van der Waals surface area contributed by atoms with E-state index in [1.165, 1.54) is 12.1 Å². The summed E-state index contributed by atoms with van der Waals surface area (Å²) in [6, 6.07) is 6.07. The molecule has 7 heteroatoms. The molecule has 2 N–H and O–H groups in total. The monoisotopic (exact) mass is 357 g/mol. The Morgan fingerprint density at radius 2 is 2.04 bits per heavy atom. The van der Waals surface area contributed by atoms with Gasteiger partial charge in [-0.1, -0.05) is 0 Å². The van der Waals surface area contributed by atoms with E-state index in [1.54, 1.807) is 18.3 Å². The van der Waals surface area contributed by atoms with Gasteiger partial charge in [-0.3, -0.25) is 14.7 Å². The molecule has 1 saturated heterocycles. The SMILES string of the molecule is O=C1C[C@@H](C(=O)NCc2cn[nH]c2-c2ccc(F)cc2)C2(CCCC2)O1. The summed E-state index contributed by atoms with van der Waals surface area (Å²) in [6.07, 6.45) is 5.25. The minimum absolute atomic E-state index is 0.141. The summed E-state index contributed by atoms with van der Waals surface area (Å²) in [5, 5.41) is 9.83. The third kappa shape index (κ3) is 2.98. The van der Waals surface area contributed by atoms with Crippen LogP contribution in [0.3, 0.4) is 0 Å². The molecule has 1 spiro atoms. The molecule has 0 bridgehead atoms. The zero-order valence-corrected chi connectivity index (χ0v) is 14.3. The number of esters is 1. The van der Waals surface area contributed by atoms with E-state index in [4.69, 9.17) is 4.74 Å². The number of amides is 1. The molecule has 0 radical (unpaired) electrons. The maximum absolute atomic E-state index is 13.1. The van der Waals surface area contributed by atoms with Crippen molar-refractivity contribution in [3.8, 4) is 11.3 Å². The molecule has 1 saturated carbocycles. The van der Waals surface area contributed by atoms with E-state index in [0.29, 0.717) is 0 Å². The molecule has 2 fully saturated rings. The number of H-pyrrole nitrogens is 1. The summed E-state index contributed by atoms with van der Waals surface area (Å²) in [6.45, 7) is 0.281. The highest BCUT2D eigenvalue weighted by atomic mass is 19.1. The maximum atomic E-state index is 13.1. The van der Waals surface area contributed by atoms with Crippen LogP contribution in [-0.2, 0) is 20.9 Å². The second kappa shape index (κ2) is 6.55. The van der Waals surface area contributed by atoms with Crippen LogP contribution >= 0.6 is 0 Å². The van der Waals surface area contributed by atoms with Crippen LogP contribution in [0, 0.1) is 11.7 Å². The number of ether oxygens (including phenoxy) is 1. The predicted octanol–water partition coefficient (Wildman–Crippen LogP) is 2.71. The Kier molecular flexibility index (Phi) is 4.22. The fraction of sp³-hybridized carbons (Fsp3) is 0.421. The first-order valence-electron chi connectivity index (χ1n) is 8.85. The fourth-order valence-corrected chi connectivity index (χ4v) is 4.06. The van der Waals surface area contributed by atoms with Crippen LogP contribution in [0.15, 0.2) is 30.5 Å². The van der Waals surface area contributed by atoms with Gasteiger partial charge in [0.25, 0.3) is 0 Å². The first kappa shape index (κ1) is 16.8. The minimum Gasteiger partial charge on any atom is -0.458 e. The Labute approximate surface area is 150 Å². The Bertz CT molecular complexity index is 825. The van der Waals surface area contributed by atoms with Crippen molar-refractivity contribution in [2.45, 2.75) is 44.2 Å². The molecule has 1 aliphatic carbocycles. The number of carbonyl (C=O) groups is 2. The molecule has 1 aliphatic heterocycles. The molecule has 26 heavy (non-hydrogen) atoms. The van der Waals surface area contributed by atoms with Crippen LogP contribution < -0.4 is 5.32 Å². The summed E-state index contributed by atoms with van der Waals surface area (Å²) in [7, 11) is 0. The Hall–Kier alpha value is -2.70. The van der Waals surface area contributed by atoms with Crippen molar-refractivity contribution >= 4 is 11.9 Å². The number of carbonyl (C=O) groups excluding carboxylic acids is 2. The molecule has 2 heterocycles. The van der Waals surface area contributed by atoms with Gasteiger partial charge >= 0.3 is 5.97 Å². The lowest BCUT2D eigenvalue weighted by atomic mass is 9.85. The van der Waals surface area contributed by atoms with Gasteiger partial charge < -0.3 is 10.1 Å². The van der Waals surface area contributed by atoms with E-state index in [0.717, 1.165) is 42.5 Å². The van der Waals surface area contributed by atoms with Crippen molar-refractivity contribution < 1.29 is 18.7 Å². The molecular formula is C19H20FN3O3. The Balaban J connectivity index is 1.46. The van der Waals surface area contributed by atoms with Gasteiger partial charge in [0.15, 0.2) is 0 Å².